The summed E-state index contributed by atoms with van der Waals surface area (Å²) in [4.78, 5) is 10.7. The molecule has 0 N–H and O–H groups in total. The van der Waals surface area contributed by atoms with Gasteiger partial charge >= 0.3 is 0 Å². The molecule has 1 saturated carbocycles. The molecule has 1 rings (SSSR count). The van der Waals surface area contributed by atoms with Gasteiger partial charge in [0.25, 0.3) is 0 Å². The number of aldehydes is 1. The van der Waals surface area contributed by atoms with Gasteiger partial charge in [0.2, 0.25) is 0 Å². The zero-order chi connectivity index (χ0) is 10.8. The van der Waals surface area contributed by atoms with Crippen LogP contribution in [0.1, 0.15) is 40.5 Å². The molecule has 2 atom stereocenters. The van der Waals surface area contributed by atoms with Crippen molar-refractivity contribution in [1.29, 1.82) is 0 Å². The molecule has 0 aromatic rings. The monoisotopic (exact) mass is 214 g/mol. The van der Waals surface area contributed by atoms with Gasteiger partial charge in [-0.25, -0.2) is 0 Å². The zero-order valence-corrected chi connectivity index (χ0v) is 11.2. The van der Waals surface area contributed by atoms with Gasteiger partial charge in [-0.15, -0.1) is 0 Å². The molecule has 1 aliphatic rings. The van der Waals surface area contributed by atoms with Crippen LogP contribution < -0.4 is 0 Å². The Morgan fingerprint density at radius 1 is 1.43 bits per heavy atom. The third-order valence-corrected chi connectivity index (χ3v) is 5.54. The van der Waals surface area contributed by atoms with Crippen LogP contribution in [0, 0.1) is 11.3 Å². The molecule has 0 radical (unpaired) electrons. The van der Waals surface area contributed by atoms with E-state index in [0.29, 0.717) is 16.9 Å². The van der Waals surface area contributed by atoms with Crippen molar-refractivity contribution in [3.05, 3.63) is 0 Å². The fourth-order valence-electron chi connectivity index (χ4n) is 1.22. The Kier molecular flexibility index (Phi) is 3.90. The summed E-state index contributed by atoms with van der Waals surface area (Å²) in [5, 5.41) is 0. The van der Waals surface area contributed by atoms with E-state index in [2.05, 4.69) is 27.7 Å². The highest BCUT2D eigenvalue weighted by atomic mass is 28.2. The van der Waals surface area contributed by atoms with Crippen LogP contribution in [0.3, 0.4) is 0 Å². The molecular formula is C11H22O2Si. The number of carbonyl (C=O) groups is 1. The lowest BCUT2D eigenvalue weighted by molar-refractivity contribution is -0.114. The number of hydrogen-bond donors (Lipinski definition) is 0. The van der Waals surface area contributed by atoms with E-state index in [9.17, 15) is 4.79 Å². The van der Waals surface area contributed by atoms with Crippen molar-refractivity contribution >= 4 is 16.0 Å². The maximum Gasteiger partial charge on any atom is 0.165 e. The molecule has 0 bridgehead atoms. The molecule has 0 heterocycles. The fraction of sp³-hybridized carbons (Fsp3) is 0.909. The maximum atomic E-state index is 10.7. The van der Waals surface area contributed by atoms with Crippen LogP contribution in [0.25, 0.3) is 0 Å². The van der Waals surface area contributed by atoms with Gasteiger partial charge in [0, 0.05) is 0 Å². The average Bonchev–Trinajstić information content (AvgIpc) is 2.87. The quantitative estimate of drug-likeness (QED) is 0.516. The van der Waals surface area contributed by atoms with Crippen LogP contribution in [-0.2, 0) is 9.22 Å². The van der Waals surface area contributed by atoms with Crippen LogP contribution in [0.4, 0.5) is 0 Å². The van der Waals surface area contributed by atoms with Crippen LogP contribution in [0.2, 0.25) is 5.54 Å². The van der Waals surface area contributed by atoms with Gasteiger partial charge in [0.1, 0.15) is 12.4 Å². The van der Waals surface area contributed by atoms with Gasteiger partial charge in [0.15, 0.2) is 9.76 Å². The number of rotatable bonds is 5. The van der Waals surface area contributed by atoms with E-state index in [-0.39, 0.29) is 6.10 Å². The first-order valence-corrected chi connectivity index (χ1v) is 6.91. The van der Waals surface area contributed by atoms with E-state index in [0.717, 1.165) is 6.29 Å². The second-order valence-electron chi connectivity index (χ2n) is 5.54. The Morgan fingerprint density at radius 3 is 2.36 bits per heavy atom. The van der Waals surface area contributed by atoms with E-state index < -0.39 is 9.76 Å². The third-order valence-electron chi connectivity index (χ3n) is 3.24. The highest BCUT2D eigenvalue weighted by molar-refractivity contribution is 6.30. The van der Waals surface area contributed by atoms with Crippen molar-refractivity contribution < 1.29 is 9.22 Å². The predicted octanol–water partition coefficient (Wildman–Crippen LogP) is 1.92. The summed E-state index contributed by atoms with van der Waals surface area (Å²) in [6.45, 7) is 8.95. The minimum atomic E-state index is -0.561. The van der Waals surface area contributed by atoms with Crippen LogP contribution in [0.15, 0.2) is 0 Å². The van der Waals surface area contributed by atoms with Gasteiger partial charge in [-0.05, 0) is 29.7 Å². The second kappa shape index (κ2) is 4.58. The minimum absolute atomic E-state index is 0.0773. The smallest absolute Gasteiger partial charge is 0.165 e. The van der Waals surface area contributed by atoms with Gasteiger partial charge < -0.3 is 9.22 Å². The topological polar surface area (TPSA) is 26.3 Å². The molecule has 3 heteroatoms. The molecular weight excluding hydrogens is 192 g/mol. The summed E-state index contributed by atoms with van der Waals surface area (Å²) in [6, 6.07) is 0. The normalized spacial score (nSPS) is 22.6. The van der Waals surface area contributed by atoms with E-state index in [1.807, 2.05) is 0 Å². The minimum Gasteiger partial charge on any atom is -0.414 e. The van der Waals surface area contributed by atoms with Crippen molar-refractivity contribution in [3.63, 3.8) is 0 Å². The van der Waals surface area contributed by atoms with Gasteiger partial charge in [0.05, 0.1) is 0 Å². The van der Waals surface area contributed by atoms with Crippen molar-refractivity contribution in [1.82, 2.24) is 0 Å². The van der Waals surface area contributed by atoms with E-state index in [4.69, 9.17) is 4.43 Å². The Hall–Kier alpha value is -0.153. The van der Waals surface area contributed by atoms with Crippen LogP contribution >= 0.6 is 0 Å². The summed E-state index contributed by atoms with van der Waals surface area (Å²) >= 11 is 0. The Morgan fingerprint density at radius 2 is 2.00 bits per heavy atom. The molecule has 0 amide bonds. The zero-order valence-electron chi connectivity index (χ0n) is 9.75. The molecule has 0 saturated heterocycles. The van der Waals surface area contributed by atoms with Gasteiger partial charge in [-0.2, -0.15) is 0 Å². The first kappa shape index (κ1) is 11.9. The summed E-state index contributed by atoms with van der Waals surface area (Å²) < 4.78 is 5.77. The molecule has 14 heavy (non-hydrogen) atoms. The SMILES string of the molecule is CC([SiH2]OC(C=O)C1CC1)C(C)(C)C. The highest BCUT2D eigenvalue weighted by Gasteiger charge is 2.32. The molecule has 0 aliphatic heterocycles. The fourth-order valence-corrected chi connectivity index (χ4v) is 2.58. The molecule has 0 spiro atoms. The van der Waals surface area contributed by atoms with E-state index >= 15 is 0 Å². The standard InChI is InChI=1S/C11H22O2Si/c1-8(11(2,3)4)14-13-10(7-12)9-5-6-9/h7-10H,5-6,14H2,1-4H3. The first-order chi connectivity index (χ1) is 6.45. The average molecular weight is 214 g/mol. The molecule has 2 nitrogen and oxygen atoms in total. The van der Waals surface area contributed by atoms with Gasteiger partial charge in [-0.1, -0.05) is 27.7 Å². The summed E-state index contributed by atoms with van der Waals surface area (Å²) in [6.07, 6.45) is 3.29. The predicted molar refractivity (Wildman–Crippen MR) is 61.1 cm³/mol. The molecule has 0 aromatic carbocycles. The molecule has 1 fully saturated rings. The largest absolute Gasteiger partial charge is 0.414 e. The summed E-state index contributed by atoms with van der Waals surface area (Å²) in [7, 11) is -0.561. The van der Waals surface area contributed by atoms with Crippen LogP contribution in [0.5, 0.6) is 0 Å². The van der Waals surface area contributed by atoms with Crippen molar-refractivity contribution in [3.8, 4) is 0 Å². The maximum absolute atomic E-state index is 10.7. The Labute approximate surface area is 89.4 Å². The van der Waals surface area contributed by atoms with Crippen molar-refractivity contribution in [2.75, 3.05) is 0 Å². The van der Waals surface area contributed by atoms with Crippen molar-refractivity contribution in [2.45, 2.75) is 52.2 Å². The second-order valence-corrected chi connectivity index (χ2v) is 7.43. The van der Waals surface area contributed by atoms with Gasteiger partial charge in [-0.3, -0.25) is 0 Å². The lowest BCUT2D eigenvalue weighted by Gasteiger charge is -2.27. The summed E-state index contributed by atoms with van der Waals surface area (Å²) in [5.41, 5.74) is 0.951. The highest BCUT2D eigenvalue weighted by Crippen LogP contribution is 2.35. The third kappa shape index (κ3) is 3.54. The lowest BCUT2D eigenvalue weighted by Crippen LogP contribution is -2.26. The molecule has 82 valence electrons. The molecule has 2 unspecified atom stereocenters. The molecule has 1 aliphatic carbocycles. The Balaban J connectivity index is 2.27. The van der Waals surface area contributed by atoms with E-state index in [1.54, 1.807) is 0 Å². The summed E-state index contributed by atoms with van der Waals surface area (Å²) in [5.74, 6) is 0.548. The first-order valence-electron chi connectivity index (χ1n) is 5.52. The van der Waals surface area contributed by atoms with E-state index in [1.165, 1.54) is 12.8 Å². The Bertz CT molecular complexity index is 194. The van der Waals surface area contributed by atoms with Crippen LogP contribution in [-0.4, -0.2) is 22.2 Å². The lowest BCUT2D eigenvalue weighted by atomic mass is 9.93. The molecule has 0 aromatic heterocycles. The number of carbonyl (C=O) groups excluding carboxylic acids is 1. The number of hydrogen-bond acceptors (Lipinski definition) is 2. The van der Waals surface area contributed by atoms with Crippen molar-refractivity contribution in [2.24, 2.45) is 11.3 Å².